The molecule has 25 heavy (non-hydrogen) atoms. The normalized spacial score (nSPS) is 15.7. The second kappa shape index (κ2) is 9.83. The summed E-state index contributed by atoms with van der Waals surface area (Å²) in [5, 5.41) is 7.63. The average molecular weight is 464 g/mol. The summed E-state index contributed by atoms with van der Waals surface area (Å²) in [6, 6.07) is 0.232. The van der Waals surface area contributed by atoms with Crippen molar-refractivity contribution in [3.05, 3.63) is 17.0 Å². The monoisotopic (exact) mass is 464 g/mol. The molecule has 0 unspecified atom stereocenters. The van der Waals surface area contributed by atoms with E-state index >= 15 is 0 Å². The fraction of sp³-hybridized carbons (Fsp3) is 0.688. The topological polar surface area (TPSA) is 97.8 Å². The number of carbonyl (C=O) groups is 1. The molecule has 1 aromatic heterocycles. The van der Waals surface area contributed by atoms with Crippen LogP contribution in [0.2, 0.25) is 0 Å². The summed E-state index contributed by atoms with van der Waals surface area (Å²) < 4.78 is 6.88. The summed E-state index contributed by atoms with van der Waals surface area (Å²) in [5.74, 6) is 0.437. The van der Waals surface area contributed by atoms with Gasteiger partial charge in [-0.15, -0.1) is 24.0 Å². The molecule has 1 amide bonds. The Kier molecular flexibility index (Phi) is 8.46. The van der Waals surface area contributed by atoms with Gasteiger partial charge >= 0.3 is 6.09 Å². The number of likely N-dealkylation sites (tertiary alicyclic amines) is 1. The number of ether oxygens (including phenoxy) is 1. The molecule has 9 heteroatoms. The molecule has 1 saturated heterocycles. The van der Waals surface area contributed by atoms with Crippen molar-refractivity contribution in [1.29, 1.82) is 0 Å². The number of nitrogens with two attached hydrogens (primary N) is 1. The van der Waals surface area contributed by atoms with E-state index in [9.17, 15) is 4.79 Å². The van der Waals surface area contributed by atoms with Crippen molar-refractivity contribution in [2.45, 2.75) is 46.2 Å². The van der Waals surface area contributed by atoms with Crippen LogP contribution in [-0.4, -0.2) is 52.5 Å². The first kappa shape index (κ1) is 21.5. The molecule has 1 aromatic rings. The van der Waals surface area contributed by atoms with Crippen LogP contribution in [0, 0.1) is 13.8 Å². The van der Waals surface area contributed by atoms with Gasteiger partial charge in [-0.05, 0) is 33.6 Å². The predicted octanol–water partition coefficient (Wildman–Crippen LogP) is 1.68. The Morgan fingerprint density at radius 3 is 2.56 bits per heavy atom. The van der Waals surface area contributed by atoms with Crippen LogP contribution in [0.3, 0.4) is 0 Å². The number of carbonyl (C=O) groups excluding carboxylic acids is 1. The second-order valence-corrected chi connectivity index (χ2v) is 6.08. The van der Waals surface area contributed by atoms with Gasteiger partial charge in [0.25, 0.3) is 0 Å². The predicted molar refractivity (Wildman–Crippen MR) is 108 cm³/mol. The highest BCUT2D eigenvalue weighted by molar-refractivity contribution is 14.0. The number of aryl methyl sites for hydroxylation is 2. The number of piperidine rings is 1. The number of halogens is 1. The maximum Gasteiger partial charge on any atom is 0.409 e. The number of nitrogens with zero attached hydrogens (tertiary/aromatic N) is 4. The third-order valence-corrected chi connectivity index (χ3v) is 4.44. The Labute approximate surface area is 166 Å². The van der Waals surface area contributed by atoms with Crippen LogP contribution in [0.4, 0.5) is 4.79 Å². The second-order valence-electron chi connectivity index (χ2n) is 6.08. The largest absolute Gasteiger partial charge is 0.450 e. The van der Waals surface area contributed by atoms with Gasteiger partial charge in [0.1, 0.15) is 0 Å². The third kappa shape index (κ3) is 5.75. The molecule has 2 rings (SSSR count). The molecule has 0 bridgehead atoms. The van der Waals surface area contributed by atoms with E-state index in [1.165, 1.54) is 0 Å². The van der Waals surface area contributed by atoms with E-state index in [1.807, 2.05) is 32.5 Å². The van der Waals surface area contributed by atoms with Crippen molar-refractivity contribution in [1.82, 2.24) is 20.0 Å². The molecule has 2 heterocycles. The fourth-order valence-corrected chi connectivity index (χ4v) is 2.89. The van der Waals surface area contributed by atoms with Crippen LogP contribution < -0.4 is 11.1 Å². The van der Waals surface area contributed by atoms with Gasteiger partial charge in [0.05, 0.1) is 18.8 Å². The first-order valence-corrected chi connectivity index (χ1v) is 8.39. The van der Waals surface area contributed by atoms with Crippen LogP contribution in [0.5, 0.6) is 0 Å². The summed E-state index contributed by atoms with van der Waals surface area (Å²) in [4.78, 5) is 17.8. The van der Waals surface area contributed by atoms with Crippen molar-refractivity contribution < 1.29 is 9.53 Å². The molecule has 0 spiro atoms. The minimum absolute atomic E-state index is 0. The first-order valence-electron chi connectivity index (χ1n) is 8.39. The number of aliphatic imine (C=N–C) groups is 1. The Hall–Kier alpha value is -1.52. The van der Waals surface area contributed by atoms with Gasteiger partial charge in [-0.3, -0.25) is 4.68 Å². The molecule has 0 aromatic carbocycles. The van der Waals surface area contributed by atoms with Crippen LogP contribution in [-0.2, 0) is 18.3 Å². The molecule has 0 aliphatic carbocycles. The Bertz CT molecular complexity index is 608. The average Bonchev–Trinajstić information content (AvgIpc) is 2.79. The summed E-state index contributed by atoms with van der Waals surface area (Å²) in [6.45, 7) is 8.09. The molecule has 0 radical (unpaired) electrons. The lowest BCUT2D eigenvalue weighted by atomic mass is 10.1. The highest BCUT2D eigenvalue weighted by Gasteiger charge is 2.23. The van der Waals surface area contributed by atoms with Gasteiger partial charge in [-0.2, -0.15) is 5.10 Å². The minimum atomic E-state index is -0.236. The van der Waals surface area contributed by atoms with Gasteiger partial charge in [-0.1, -0.05) is 0 Å². The van der Waals surface area contributed by atoms with E-state index in [-0.39, 0.29) is 36.1 Å². The van der Waals surface area contributed by atoms with E-state index in [2.05, 4.69) is 15.4 Å². The van der Waals surface area contributed by atoms with E-state index in [1.54, 1.807) is 4.90 Å². The van der Waals surface area contributed by atoms with Crippen LogP contribution in [0.25, 0.3) is 0 Å². The number of hydrogen-bond acceptors (Lipinski definition) is 4. The maximum absolute atomic E-state index is 11.7. The number of nitrogens with one attached hydrogen (secondary N) is 1. The van der Waals surface area contributed by atoms with Gasteiger partial charge < -0.3 is 20.7 Å². The highest BCUT2D eigenvalue weighted by atomic mass is 127. The summed E-state index contributed by atoms with van der Waals surface area (Å²) >= 11 is 0. The van der Waals surface area contributed by atoms with Crippen LogP contribution >= 0.6 is 24.0 Å². The molecule has 3 N–H and O–H groups in total. The summed E-state index contributed by atoms with van der Waals surface area (Å²) in [6.07, 6.45) is 1.43. The van der Waals surface area contributed by atoms with E-state index < -0.39 is 0 Å². The molecule has 8 nitrogen and oxygen atoms in total. The molecule has 0 atom stereocenters. The van der Waals surface area contributed by atoms with Gasteiger partial charge in [0.15, 0.2) is 5.96 Å². The molecule has 1 aliphatic rings. The zero-order valence-electron chi connectivity index (χ0n) is 15.4. The lowest BCUT2D eigenvalue weighted by Gasteiger charge is -2.31. The summed E-state index contributed by atoms with van der Waals surface area (Å²) in [7, 11) is 1.93. The molecule has 0 saturated carbocycles. The minimum Gasteiger partial charge on any atom is -0.450 e. The lowest BCUT2D eigenvalue weighted by Crippen LogP contribution is -2.48. The molecular weight excluding hydrogens is 435 g/mol. The number of guanidine groups is 1. The van der Waals surface area contributed by atoms with E-state index in [0.29, 0.717) is 32.2 Å². The third-order valence-electron chi connectivity index (χ3n) is 4.44. The molecule has 1 fully saturated rings. The van der Waals surface area contributed by atoms with E-state index in [4.69, 9.17) is 10.5 Å². The van der Waals surface area contributed by atoms with Crippen molar-refractivity contribution in [2.24, 2.45) is 17.8 Å². The highest BCUT2D eigenvalue weighted by Crippen LogP contribution is 2.13. The van der Waals surface area contributed by atoms with Crippen LogP contribution in [0.15, 0.2) is 4.99 Å². The zero-order valence-corrected chi connectivity index (χ0v) is 17.7. The molecular formula is C16H29IN6O2. The standard InChI is InChI=1S/C16H28N6O2.HI/c1-5-24-16(23)22-8-6-13(7-9-22)19-15(17)18-10-14-11(2)20-21(4)12(14)3;/h13H,5-10H2,1-4H3,(H3,17,18,19);1H. The Morgan fingerprint density at radius 1 is 1.40 bits per heavy atom. The lowest BCUT2D eigenvalue weighted by molar-refractivity contribution is 0.0963. The van der Waals surface area contributed by atoms with Gasteiger partial charge in [-0.25, -0.2) is 9.79 Å². The van der Waals surface area contributed by atoms with Crippen molar-refractivity contribution in [3.8, 4) is 0 Å². The molecule has 1 aliphatic heterocycles. The van der Waals surface area contributed by atoms with Crippen molar-refractivity contribution >= 4 is 36.0 Å². The van der Waals surface area contributed by atoms with Crippen molar-refractivity contribution in [2.75, 3.05) is 19.7 Å². The van der Waals surface area contributed by atoms with Gasteiger partial charge in [0.2, 0.25) is 0 Å². The zero-order chi connectivity index (χ0) is 17.7. The molecule has 142 valence electrons. The maximum atomic E-state index is 11.7. The number of hydrogen-bond donors (Lipinski definition) is 2. The van der Waals surface area contributed by atoms with E-state index in [0.717, 1.165) is 29.8 Å². The quantitative estimate of drug-likeness (QED) is 0.402. The number of rotatable bonds is 4. The number of amides is 1. The first-order chi connectivity index (χ1) is 11.4. The van der Waals surface area contributed by atoms with Crippen molar-refractivity contribution in [3.63, 3.8) is 0 Å². The Morgan fingerprint density at radius 2 is 2.04 bits per heavy atom. The summed E-state index contributed by atoms with van der Waals surface area (Å²) in [5.41, 5.74) is 9.20. The van der Waals surface area contributed by atoms with Gasteiger partial charge in [0, 0.05) is 37.4 Å². The van der Waals surface area contributed by atoms with Crippen LogP contribution in [0.1, 0.15) is 36.7 Å². The smallest absolute Gasteiger partial charge is 0.409 e. The Balaban J connectivity index is 0.00000312. The fourth-order valence-electron chi connectivity index (χ4n) is 2.89. The SMILES string of the molecule is CCOC(=O)N1CCC(NC(N)=NCc2c(C)nn(C)c2C)CC1.I. The number of aromatic nitrogens is 2.